The van der Waals surface area contributed by atoms with Crippen molar-refractivity contribution in [2.24, 2.45) is 5.92 Å². The molecule has 0 spiro atoms. The third kappa shape index (κ3) is 2.47. The average Bonchev–Trinajstić information content (AvgIpc) is 2.37. The largest absolute Gasteiger partial charge is 0.384 e. The molecule has 0 radical (unpaired) electrons. The number of aromatic nitrogens is 2. The molecule has 3 rings (SSSR count). The Morgan fingerprint density at radius 2 is 2.10 bits per heavy atom. The second-order valence-electron chi connectivity index (χ2n) is 5.49. The minimum Gasteiger partial charge on any atom is -0.384 e. The Hall–Kier alpha value is -1.69. The minimum atomic E-state index is 0.0642. The molecule has 0 unspecified atom stereocenters. The number of rotatable bonds is 2. The van der Waals surface area contributed by atoms with Gasteiger partial charge in [0, 0.05) is 31.7 Å². The second kappa shape index (κ2) is 5.36. The van der Waals surface area contributed by atoms with Crippen LogP contribution in [0.1, 0.15) is 36.8 Å². The van der Waals surface area contributed by atoms with Gasteiger partial charge in [-0.2, -0.15) is 0 Å². The van der Waals surface area contributed by atoms with Gasteiger partial charge < -0.3 is 15.4 Å². The molecule has 0 aliphatic carbocycles. The number of aryl methyl sites for hydroxylation is 1. The summed E-state index contributed by atoms with van der Waals surface area (Å²) in [5.41, 5.74) is 6.63. The number of hydrogen-bond donors (Lipinski definition) is 1. The molecule has 1 aromatic heterocycles. The molecule has 108 valence electrons. The third-order valence-electron chi connectivity index (χ3n) is 4.09. The van der Waals surface area contributed by atoms with Gasteiger partial charge in [0.15, 0.2) is 0 Å². The van der Waals surface area contributed by atoms with Crippen molar-refractivity contribution in [2.75, 3.05) is 25.5 Å². The van der Waals surface area contributed by atoms with E-state index in [4.69, 9.17) is 10.5 Å². The fourth-order valence-electron chi connectivity index (χ4n) is 2.92. The molecule has 1 amide bonds. The molecule has 2 saturated heterocycles. The molecule has 2 fully saturated rings. The number of nitrogens with two attached hydrogens (primary N) is 1. The van der Waals surface area contributed by atoms with Crippen molar-refractivity contribution in [2.45, 2.75) is 32.2 Å². The van der Waals surface area contributed by atoms with Crippen molar-refractivity contribution in [1.82, 2.24) is 14.9 Å². The van der Waals surface area contributed by atoms with Crippen molar-refractivity contribution in [3.05, 3.63) is 17.6 Å². The van der Waals surface area contributed by atoms with E-state index >= 15 is 0 Å². The third-order valence-corrected chi connectivity index (χ3v) is 4.09. The van der Waals surface area contributed by atoms with Crippen molar-refractivity contribution in [1.29, 1.82) is 0 Å². The fraction of sp³-hybridized carbons (Fsp3) is 0.643. The van der Waals surface area contributed by atoms with E-state index in [1.54, 1.807) is 6.07 Å². The van der Waals surface area contributed by atoms with Gasteiger partial charge in [-0.15, -0.1) is 0 Å². The first-order valence-corrected chi connectivity index (χ1v) is 7.14. The molecule has 3 heterocycles. The summed E-state index contributed by atoms with van der Waals surface area (Å²) in [4.78, 5) is 23.0. The molecule has 6 heteroatoms. The van der Waals surface area contributed by atoms with Crippen LogP contribution in [0.15, 0.2) is 6.07 Å². The highest BCUT2D eigenvalue weighted by atomic mass is 16.5. The monoisotopic (exact) mass is 276 g/mol. The van der Waals surface area contributed by atoms with E-state index in [-0.39, 0.29) is 17.9 Å². The maximum atomic E-state index is 12.5. The maximum absolute atomic E-state index is 12.5. The van der Waals surface area contributed by atoms with Gasteiger partial charge in [-0.1, -0.05) is 0 Å². The Morgan fingerprint density at radius 3 is 2.70 bits per heavy atom. The predicted octanol–water partition coefficient (Wildman–Crippen LogP) is 1.07. The van der Waals surface area contributed by atoms with Crippen LogP contribution in [0.25, 0.3) is 0 Å². The zero-order valence-corrected chi connectivity index (χ0v) is 11.7. The van der Waals surface area contributed by atoms with E-state index in [0.29, 0.717) is 24.9 Å². The molecule has 2 N–H and O–H groups in total. The van der Waals surface area contributed by atoms with Crippen LogP contribution < -0.4 is 5.73 Å². The van der Waals surface area contributed by atoms with Crippen molar-refractivity contribution in [3.8, 4) is 0 Å². The molecule has 2 aliphatic heterocycles. The number of nitrogen functional groups attached to an aromatic ring is 1. The molecular weight excluding hydrogens is 256 g/mol. The summed E-state index contributed by atoms with van der Waals surface area (Å²) >= 11 is 0. The van der Waals surface area contributed by atoms with Crippen LogP contribution >= 0.6 is 0 Å². The summed E-state index contributed by atoms with van der Waals surface area (Å²) in [5, 5.41) is 0. The highest BCUT2D eigenvalue weighted by Crippen LogP contribution is 2.35. The normalized spacial score (nSPS) is 23.4. The number of amides is 1. The van der Waals surface area contributed by atoms with E-state index in [1.165, 1.54) is 0 Å². The molecule has 0 saturated carbocycles. The highest BCUT2D eigenvalue weighted by molar-refractivity contribution is 5.80. The Kier molecular flexibility index (Phi) is 3.56. The van der Waals surface area contributed by atoms with E-state index in [2.05, 4.69) is 9.97 Å². The second-order valence-corrected chi connectivity index (χ2v) is 5.49. The van der Waals surface area contributed by atoms with Gasteiger partial charge in [0.25, 0.3) is 0 Å². The first-order valence-electron chi connectivity index (χ1n) is 7.14. The molecule has 6 nitrogen and oxygen atoms in total. The number of ether oxygens (including phenoxy) is 1. The average molecular weight is 276 g/mol. The van der Waals surface area contributed by atoms with Gasteiger partial charge in [-0.25, -0.2) is 9.97 Å². The van der Waals surface area contributed by atoms with Gasteiger partial charge in [-0.3, -0.25) is 4.79 Å². The zero-order chi connectivity index (χ0) is 14.1. The number of anilines is 1. The number of carbonyl (C=O) groups excluding carboxylic acids is 1. The van der Waals surface area contributed by atoms with E-state index in [9.17, 15) is 4.79 Å². The van der Waals surface area contributed by atoms with Crippen molar-refractivity contribution < 1.29 is 9.53 Å². The number of nitrogens with zero attached hydrogens (tertiary/aromatic N) is 3. The van der Waals surface area contributed by atoms with Crippen LogP contribution in [0.3, 0.4) is 0 Å². The topological polar surface area (TPSA) is 81.3 Å². The van der Waals surface area contributed by atoms with Crippen LogP contribution in [0, 0.1) is 12.8 Å². The smallest absolute Gasteiger partial charge is 0.226 e. The van der Waals surface area contributed by atoms with Gasteiger partial charge >= 0.3 is 0 Å². The number of carbonyl (C=O) groups is 1. The fourth-order valence-corrected chi connectivity index (χ4v) is 2.92. The lowest BCUT2D eigenvalue weighted by molar-refractivity contribution is -0.146. The SMILES string of the molecule is Cc1nc(N)cc([C@@H]2CCN2C(=O)C2CCOCC2)n1. The van der Waals surface area contributed by atoms with E-state index in [0.717, 1.165) is 31.5 Å². The zero-order valence-electron chi connectivity index (χ0n) is 11.7. The molecular formula is C14H20N4O2. The molecule has 20 heavy (non-hydrogen) atoms. The standard InChI is InChI=1S/C14H20N4O2/c1-9-16-11(8-13(15)17-9)12-2-5-18(12)14(19)10-3-6-20-7-4-10/h8,10,12H,2-7H2,1H3,(H2,15,16,17)/t12-/m0/s1. The molecule has 0 aromatic carbocycles. The van der Waals surface area contributed by atoms with Crippen LogP contribution in [0.2, 0.25) is 0 Å². The van der Waals surface area contributed by atoms with Gasteiger partial charge in [0.05, 0.1) is 11.7 Å². The Bertz CT molecular complexity index is 494. The Balaban J connectivity index is 1.73. The molecule has 0 bridgehead atoms. The number of likely N-dealkylation sites (tertiary alicyclic amines) is 1. The van der Waals surface area contributed by atoms with Crippen LogP contribution in [0.5, 0.6) is 0 Å². The Labute approximate surface area is 118 Å². The first kappa shape index (κ1) is 13.3. The maximum Gasteiger partial charge on any atom is 0.226 e. The summed E-state index contributed by atoms with van der Waals surface area (Å²) in [5.74, 6) is 1.47. The summed E-state index contributed by atoms with van der Waals surface area (Å²) in [7, 11) is 0. The summed E-state index contributed by atoms with van der Waals surface area (Å²) in [6.07, 6.45) is 2.60. The predicted molar refractivity (Wildman–Crippen MR) is 73.8 cm³/mol. The molecule has 1 aromatic rings. The van der Waals surface area contributed by atoms with Crippen molar-refractivity contribution in [3.63, 3.8) is 0 Å². The van der Waals surface area contributed by atoms with Crippen LogP contribution in [-0.2, 0) is 9.53 Å². The molecule has 2 aliphatic rings. The lowest BCUT2D eigenvalue weighted by Gasteiger charge is -2.43. The van der Waals surface area contributed by atoms with Crippen molar-refractivity contribution >= 4 is 11.7 Å². The van der Waals surface area contributed by atoms with E-state index < -0.39 is 0 Å². The number of hydrogen-bond acceptors (Lipinski definition) is 5. The molecule has 1 atom stereocenters. The highest BCUT2D eigenvalue weighted by Gasteiger charge is 2.38. The summed E-state index contributed by atoms with van der Waals surface area (Å²) in [6.45, 7) is 4.01. The van der Waals surface area contributed by atoms with E-state index in [1.807, 2.05) is 11.8 Å². The van der Waals surface area contributed by atoms with Gasteiger partial charge in [0.2, 0.25) is 5.91 Å². The van der Waals surface area contributed by atoms with Gasteiger partial charge in [0.1, 0.15) is 11.6 Å². The van der Waals surface area contributed by atoms with Crippen LogP contribution in [0.4, 0.5) is 5.82 Å². The Morgan fingerprint density at radius 1 is 1.35 bits per heavy atom. The van der Waals surface area contributed by atoms with Gasteiger partial charge in [-0.05, 0) is 26.2 Å². The quantitative estimate of drug-likeness (QED) is 0.873. The lowest BCUT2D eigenvalue weighted by Crippen LogP contribution is -2.49. The van der Waals surface area contributed by atoms with Crippen LogP contribution in [-0.4, -0.2) is 40.5 Å². The lowest BCUT2D eigenvalue weighted by atomic mass is 9.92. The summed E-state index contributed by atoms with van der Waals surface area (Å²) < 4.78 is 5.32. The minimum absolute atomic E-state index is 0.0642. The summed E-state index contributed by atoms with van der Waals surface area (Å²) in [6, 6.07) is 1.84. The first-order chi connectivity index (χ1) is 9.65.